The topological polar surface area (TPSA) is 62.3 Å². The number of aromatic nitrogens is 1. The van der Waals surface area contributed by atoms with Gasteiger partial charge in [0.05, 0.1) is 5.92 Å². The van der Waals surface area contributed by atoms with E-state index in [0.29, 0.717) is 18.7 Å². The summed E-state index contributed by atoms with van der Waals surface area (Å²) in [5.41, 5.74) is 4.81. The number of nitrogens with zero attached hydrogens (tertiary/aromatic N) is 2. The number of rotatable bonds is 6. The summed E-state index contributed by atoms with van der Waals surface area (Å²) in [7, 11) is 0. The van der Waals surface area contributed by atoms with Crippen LogP contribution in [0.3, 0.4) is 0 Å². The molecular weight excluding hydrogens is 374 g/mol. The summed E-state index contributed by atoms with van der Waals surface area (Å²) >= 11 is 0. The van der Waals surface area contributed by atoms with Gasteiger partial charge in [0.1, 0.15) is 0 Å². The first-order valence-corrected chi connectivity index (χ1v) is 10.3. The molecule has 0 saturated heterocycles. The maximum Gasteiger partial charge on any atom is 0.258 e. The average Bonchev–Trinajstić information content (AvgIpc) is 3.22. The summed E-state index contributed by atoms with van der Waals surface area (Å²) in [5, 5.41) is 3.07. The molecule has 1 aromatic heterocycles. The Morgan fingerprint density at radius 1 is 1.07 bits per heavy atom. The van der Waals surface area contributed by atoms with Crippen LogP contribution in [0.4, 0.5) is 5.69 Å². The van der Waals surface area contributed by atoms with E-state index in [9.17, 15) is 9.59 Å². The first-order chi connectivity index (χ1) is 14.7. The van der Waals surface area contributed by atoms with Gasteiger partial charge in [-0.05, 0) is 47.7 Å². The van der Waals surface area contributed by atoms with Gasteiger partial charge in [-0.15, -0.1) is 0 Å². The SMILES string of the molecule is CC[C@@H](C(=O)NCc1ccc2c(c1)CCN2C(=O)c1ccncc1)c1ccccc1. The van der Waals surface area contributed by atoms with E-state index in [1.807, 2.05) is 54.3 Å². The molecule has 3 aromatic rings. The van der Waals surface area contributed by atoms with Gasteiger partial charge in [0.2, 0.25) is 5.91 Å². The molecular formula is C25H25N3O2. The first kappa shape index (κ1) is 19.8. The molecule has 2 amide bonds. The molecule has 1 atom stereocenters. The summed E-state index contributed by atoms with van der Waals surface area (Å²) in [6.45, 7) is 3.17. The third-order valence-electron chi connectivity index (χ3n) is 5.61. The van der Waals surface area contributed by atoms with E-state index in [1.165, 1.54) is 0 Å². The van der Waals surface area contributed by atoms with E-state index in [1.54, 1.807) is 24.5 Å². The second kappa shape index (κ2) is 8.91. The molecule has 0 bridgehead atoms. The monoisotopic (exact) mass is 399 g/mol. The van der Waals surface area contributed by atoms with E-state index in [2.05, 4.69) is 16.4 Å². The van der Waals surface area contributed by atoms with Crippen LogP contribution in [0, 0.1) is 0 Å². The minimum Gasteiger partial charge on any atom is -0.351 e. The van der Waals surface area contributed by atoms with Gasteiger partial charge in [0.25, 0.3) is 5.91 Å². The number of fused-ring (bicyclic) bond motifs is 1. The summed E-state index contributed by atoms with van der Waals surface area (Å²) in [6, 6.07) is 19.4. The molecule has 0 saturated carbocycles. The van der Waals surface area contributed by atoms with Crippen LogP contribution >= 0.6 is 0 Å². The number of anilines is 1. The summed E-state index contributed by atoms with van der Waals surface area (Å²) in [5.74, 6) is -0.112. The summed E-state index contributed by atoms with van der Waals surface area (Å²) in [4.78, 5) is 31.3. The van der Waals surface area contributed by atoms with Crippen LogP contribution in [-0.4, -0.2) is 23.3 Å². The van der Waals surface area contributed by atoms with Crippen LogP contribution in [0.15, 0.2) is 73.1 Å². The van der Waals surface area contributed by atoms with Gasteiger partial charge in [-0.2, -0.15) is 0 Å². The Bertz CT molecular complexity index is 1030. The summed E-state index contributed by atoms with van der Waals surface area (Å²) < 4.78 is 0. The smallest absolute Gasteiger partial charge is 0.258 e. The number of carbonyl (C=O) groups excluding carboxylic acids is 2. The minimum absolute atomic E-state index is 0.00847. The molecule has 1 aliphatic rings. The van der Waals surface area contributed by atoms with E-state index < -0.39 is 0 Å². The fourth-order valence-electron chi connectivity index (χ4n) is 4.00. The Labute approximate surface area is 176 Å². The lowest BCUT2D eigenvalue weighted by molar-refractivity contribution is -0.122. The van der Waals surface area contributed by atoms with Gasteiger partial charge >= 0.3 is 0 Å². The van der Waals surface area contributed by atoms with Gasteiger partial charge < -0.3 is 10.2 Å². The number of pyridine rings is 1. The molecule has 0 spiro atoms. The van der Waals surface area contributed by atoms with Crippen LogP contribution in [0.25, 0.3) is 0 Å². The Morgan fingerprint density at radius 3 is 2.57 bits per heavy atom. The molecule has 0 fully saturated rings. The normalized spacial score (nSPS) is 13.6. The molecule has 4 rings (SSSR count). The Hall–Kier alpha value is -3.47. The second-order valence-corrected chi connectivity index (χ2v) is 7.50. The fourth-order valence-corrected chi connectivity index (χ4v) is 4.00. The van der Waals surface area contributed by atoms with Gasteiger partial charge in [-0.25, -0.2) is 0 Å². The largest absolute Gasteiger partial charge is 0.351 e. The molecule has 0 unspecified atom stereocenters. The lowest BCUT2D eigenvalue weighted by Gasteiger charge is -2.18. The lowest BCUT2D eigenvalue weighted by Crippen LogP contribution is -2.29. The first-order valence-electron chi connectivity index (χ1n) is 10.3. The molecule has 2 heterocycles. The van der Waals surface area contributed by atoms with Crippen LogP contribution in [0.2, 0.25) is 0 Å². The molecule has 5 heteroatoms. The molecule has 1 aliphatic heterocycles. The van der Waals surface area contributed by atoms with Gasteiger partial charge in [-0.1, -0.05) is 49.4 Å². The van der Waals surface area contributed by atoms with Crippen molar-refractivity contribution in [2.75, 3.05) is 11.4 Å². The fraction of sp³-hybridized carbons (Fsp3) is 0.240. The van der Waals surface area contributed by atoms with Crippen LogP contribution < -0.4 is 10.2 Å². The lowest BCUT2D eigenvalue weighted by atomic mass is 9.95. The quantitative estimate of drug-likeness (QED) is 0.679. The zero-order valence-corrected chi connectivity index (χ0v) is 17.0. The van der Waals surface area contributed by atoms with Crippen LogP contribution in [-0.2, 0) is 17.8 Å². The number of nitrogens with one attached hydrogen (secondary N) is 1. The molecule has 2 aromatic carbocycles. The molecule has 1 N–H and O–H groups in total. The van der Waals surface area contributed by atoms with Gasteiger partial charge in [0, 0.05) is 36.7 Å². The maximum atomic E-state index is 12.8. The number of benzene rings is 2. The van der Waals surface area contributed by atoms with Crippen molar-refractivity contribution >= 4 is 17.5 Å². The molecule has 5 nitrogen and oxygen atoms in total. The van der Waals surface area contributed by atoms with Crippen molar-refractivity contribution in [3.05, 3.63) is 95.3 Å². The van der Waals surface area contributed by atoms with Crippen LogP contribution in [0.5, 0.6) is 0 Å². The van der Waals surface area contributed by atoms with Crippen molar-refractivity contribution < 1.29 is 9.59 Å². The van der Waals surface area contributed by atoms with Crippen molar-refractivity contribution in [1.29, 1.82) is 0 Å². The van der Waals surface area contributed by atoms with Crippen molar-refractivity contribution in [2.24, 2.45) is 0 Å². The third kappa shape index (κ3) is 4.10. The average molecular weight is 399 g/mol. The summed E-state index contributed by atoms with van der Waals surface area (Å²) in [6.07, 6.45) is 4.84. The highest BCUT2D eigenvalue weighted by Gasteiger charge is 2.26. The van der Waals surface area contributed by atoms with E-state index in [-0.39, 0.29) is 17.7 Å². The maximum absolute atomic E-state index is 12.8. The highest BCUT2D eigenvalue weighted by atomic mass is 16.2. The molecule has 30 heavy (non-hydrogen) atoms. The van der Waals surface area contributed by atoms with E-state index in [4.69, 9.17) is 0 Å². The van der Waals surface area contributed by atoms with Crippen LogP contribution in [0.1, 0.15) is 46.3 Å². The van der Waals surface area contributed by atoms with Gasteiger partial charge in [-0.3, -0.25) is 14.6 Å². The predicted octanol–water partition coefficient (Wildman–Crippen LogP) is 4.09. The zero-order valence-electron chi connectivity index (χ0n) is 17.0. The molecule has 0 aliphatic carbocycles. The standard InChI is InChI=1S/C25H25N3O2/c1-2-22(19-6-4-3-5-7-19)24(29)27-17-18-8-9-23-21(16-18)12-15-28(23)25(30)20-10-13-26-14-11-20/h3-11,13-14,16,22H,2,12,15,17H2,1H3,(H,27,29)/t22-/m1/s1. The molecule has 152 valence electrons. The minimum atomic E-state index is -0.144. The second-order valence-electron chi connectivity index (χ2n) is 7.50. The zero-order chi connectivity index (χ0) is 20.9. The molecule has 0 radical (unpaired) electrons. The van der Waals surface area contributed by atoms with E-state index >= 15 is 0 Å². The van der Waals surface area contributed by atoms with E-state index in [0.717, 1.165) is 35.2 Å². The Morgan fingerprint density at radius 2 is 1.83 bits per heavy atom. The Balaban J connectivity index is 1.43. The highest BCUT2D eigenvalue weighted by molar-refractivity contribution is 6.07. The number of hydrogen-bond acceptors (Lipinski definition) is 3. The van der Waals surface area contributed by atoms with Crippen molar-refractivity contribution in [2.45, 2.75) is 32.2 Å². The van der Waals surface area contributed by atoms with Crippen molar-refractivity contribution in [1.82, 2.24) is 10.3 Å². The number of carbonyl (C=O) groups is 2. The number of amides is 2. The highest BCUT2D eigenvalue weighted by Crippen LogP contribution is 2.30. The Kier molecular flexibility index (Phi) is 5.89. The number of hydrogen-bond donors (Lipinski definition) is 1. The van der Waals surface area contributed by atoms with Gasteiger partial charge in [0.15, 0.2) is 0 Å². The van der Waals surface area contributed by atoms with Crippen molar-refractivity contribution in [3.8, 4) is 0 Å². The third-order valence-corrected chi connectivity index (χ3v) is 5.61. The van der Waals surface area contributed by atoms with Crippen molar-refractivity contribution in [3.63, 3.8) is 0 Å². The predicted molar refractivity (Wildman–Crippen MR) is 117 cm³/mol.